The molecule has 1 amide bonds. The first-order chi connectivity index (χ1) is 11.5. The molecule has 1 aliphatic heterocycles. The van der Waals surface area contributed by atoms with E-state index >= 15 is 0 Å². The second kappa shape index (κ2) is 6.86. The number of aromatic nitrogens is 2. The third-order valence-electron chi connectivity index (χ3n) is 3.87. The molecule has 1 saturated heterocycles. The Morgan fingerprint density at radius 3 is 2.83 bits per heavy atom. The predicted octanol–water partition coefficient (Wildman–Crippen LogP) is 3.26. The van der Waals surface area contributed by atoms with Crippen molar-refractivity contribution in [1.82, 2.24) is 14.9 Å². The number of esters is 1. The van der Waals surface area contributed by atoms with Crippen molar-refractivity contribution in [3.63, 3.8) is 0 Å². The van der Waals surface area contributed by atoms with E-state index in [9.17, 15) is 9.59 Å². The third kappa shape index (κ3) is 3.27. The zero-order chi connectivity index (χ0) is 17.3. The van der Waals surface area contributed by atoms with Crippen LogP contribution in [0.15, 0.2) is 17.5 Å². The molecule has 3 heterocycles. The fraction of sp³-hybridized carbons (Fsp3) is 0.375. The van der Waals surface area contributed by atoms with Crippen molar-refractivity contribution in [3.05, 3.63) is 44.6 Å². The predicted molar refractivity (Wildman–Crippen MR) is 90.4 cm³/mol. The van der Waals surface area contributed by atoms with E-state index in [0.29, 0.717) is 12.1 Å². The van der Waals surface area contributed by atoms with Gasteiger partial charge in [-0.1, -0.05) is 11.6 Å². The molecule has 0 unspecified atom stereocenters. The minimum atomic E-state index is -0.625. The fourth-order valence-corrected chi connectivity index (χ4v) is 3.94. The summed E-state index contributed by atoms with van der Waals surface area (Å²) in [5, 5.41) is 3.00. The smallest absolute Gasteiger partial charge is 0.356 e. The van der Waals surface area contributed by atoms with Gasteiger partial charge in [0, 0.05) is 23.2 Å². The molecule has 0 aliphatic carbocycles. The lowest BCUT2D eigenvalue weighted by Crippen LogP contribution is -2.30. The molecular weight excluding hydrogens is 350 g/mol. The second-order valence-corrected chi connectivity index (χ2v) is 6.82. The standard InChI is InChI=1S/C16H16ClN3O3S/c1-9-8-24-14(18-9)12-4-3-5-20(12)15(21)10-6-11(16(22)23-2)19-13(17)7-10/h6-8,12H,3-5H2,1-2H3/t12-/m1/s1. The molecule has 126 valence electrons. The lowest BCUT2D eigenvalue weighted by molar-refractivity contribution is 0.0594. The van der Waals surface area contributed by atoms with E-state index in [1.165, 1.54) is 19.2 Å². The highest BCUT2D eigenvalue weighted by molar-refractivity contribution is 7.09. The average Bonchev–Trinajstić information content (AvgIpc) is 3.21. The summed E-state index contributed by atoms with van der Waals surface area (Å²) >= 11 is 7.52. The zero-order valence-electron chi connectivity index (χ0n) is 13.3. The van der Waals surface area contributed by atoms with Gasteiger partial charge in [-0.15, -0.1) is 11.3 Å². The molecule has 3 rings (SSSR count). The van der Waals surface area contributed by atoms with E-state index < -0.39 is 5.97 Å². The molecule has 0 spiro atoms. The summed E-state index contributed by atoms with van der Waals surface area (Å²) in [6, 6.07) is 2.85. The Morgan fingerprint density at radius 1 is 1.38 bits per heavy atom. The first-order valence-corrected chi connectivity index (χ1v) is 8.74. The van der Waals surface area contributed by atoms with Gasteiger partial charge in [-0.05, 0) is 31.9 Å². The number of carbonyl (C=O) groups excluding carboxylic acids is 2. The van der Waals surface area contributed by atoms with Gasteiger partial charge < -0.3 is 9.64 Å². The maximum Gasteiger partial charge on any atom is 0.356 e. The van der Waals surface area contributed by atoms with Crippen molar-refractivity contribution in [3.8, 4) is 0 Å². The lowest BCUT2D eigenvalue weighted by Gasteiger charge is -2.23. The highest BCUT2D eigenvalue weighted by Crippen LogP contribution is 2.35. The molecule has 6 nitrogen and oxygen atoms in total. The molecule has 1 fully saturated rings. The number of amides is 1. The van der Waals surface area contributed by atoms with E-state index in [-0.39, 0.29) is 22.8 Å². The van der Waals surface area contributed by atoms with Gasteiger partial charge in [0.1, 0.15) is 10.2 Å². The van der Waals surface area contributed by atoms with Crippen LogP contribution in [0.5, 0.6) is 0 Å². The van der Waals surface area contributed by atoms with E-state index in [1.807, 2.05) is 12.3 Å². The summed E-state index contributed by atoms with van der Waals surface area (Å²) in [5.74, 6) is -0.806. The van der Waals surface area contributed by atoms with Gasteiger partial charge in [-0.25, -0.2) is 14.8 Å². The molecule has 8 heteroatoms. The molecule has 0 N–H and O–H groups in total. The summed E-state index contributed by atoms with van der Waals surface area (Å²) < 4.78 is 4.65. The fourth-order valence-electron chi connectivity index (χ4n) is 2.79. The van der Waals surface area contributed by atoms with E-state index in [1.54, 1.807) is 16.2 Å². The van der Waals surface area contributed by atoms with E-state index in [0.717, 1.165) is 23.5 Å². The average molecular weight is 366 g/mol. The van der Waals surface area contributed by atoms with Crippen LogP contribution < -0.4 is 0 Å². The maximum atomic E-state index is 12.9. The van der Waals surface area contributed by atoms with Gasteiger partial charge in [0.25, 0.3) is 5.91 Å². The summed E-state index contributed by atoms with van der Waals surface area (Å²) in [5.41, 5.74) is 1.30. The normalized spacial score (nSPS) is 17.1. The Bertz CT molecular complexity index is 793. The maximum absolute atomic E-state index is 12.9. The third-order valence-corrected chi connectivity index (χ3v) is 5.13. The first-order valence-electron chi connectivity index (χ1n) is 7.48. The zero-order valence-corrected chi connectivity index (χ0v) is 14.9. The number of nitrogens with zero attached hydrogens (tertiary/aromatic N) is 3. The van der Waals surface area contributed by atoms with Crippen LogP contribution >= 0.6 is 22.9 Å². The van der Waals surface area contributed by atoms with Gasteiger partial charge in [0.15, 0.2) is 5.69 Å². The molecular formula is C16H16ClN3O3S. The van der Waals surface area contributed by atoms with Crippen LogP contribution in [-0.2, 0) is 4.74 Å². The van der Waals surface area contributed by atoms with Crippen molar-refractivity contribution in [2.24, 2.45) is 0 Å². The van der Waals surface area contributed by atoms with Crippen LogP contribution in [0.3, 0.4) is 0 Å². The topological polar surface area (TPSA) is 72.4 Å². The van der Waals surface area contributed by atoms with Gasteiger partial charge in [0.2, 0.25) is 0 Å². The number of pyridine rings is 1. The quantitative estimate of drug-likeness (QED) is 0.616. The number of rotatable bonds is 3. The SMILES string of the molecule is COC(=O)c1cc(C(=O)N2CCC[C@@H]2c2nc(C)cs2)cc(Cl)n1. The Morgan fingerprint density at radius 2 is 2.17 bits per heavy atom. The summed E-state index contributed by atoms with van der Waals surface area (Å²) in [4.78, 5) is 34.8. The monoisotopic (exact) mass is 365 g/mol. The van der Waals surface area contributed by atoms with Crippen LogP contribution in [-0.4, -0.2) is 40.4 Å². The van der Waals surface area contributed by atoms with E-state index in [2.05, 4.69) is 14.7 Å². The highest BCUT2D eigenvalue weighted by Gasteiger charge is 2.33. The number of ether oxygens (including phenoxy) is 1. The van der Waals surface area contributed by atoms with Gasteiger partial charge in [-0.3, -0.25) is 4.79 Å². The number of methoxy groups -OCH3 is 1. The summed E-state index contributed by atoms with van der Waals surface area (Å²) in [6.45, 7) is 2.59. The lowest BCUT2D eigenvalue weighted by atomic mass is 10.1. The van der Waals surface area contributed by atoms with Crippen LogP contribution in [0, 0.1) is 6.92 Å². The largest absolute Gasteiger partial charge is 0.464 e. The molecule has 0 radical (unpaired) electrons. The molecule has 0 aromatic carbocycles. The van der Waals surface area contributed by atoms with Crippen LogP contribution in [0.2, 0.25) is 5.15 Å². The summed E-state index contributed by atoms with van der Waals surface area (Å²) in [7, 11) is 1.26. The molecule has 0 bridgehead atoms. The van der Waals surface area contributed by atoms with Crippen LogP contribution in [0.25, 0.3) is 0 Å². The Kier molecular flexibility index (Phi) is 4.82. The van der Waals surface area contributed by atoms with Gasteiger partial charge >= 0.3 is 5.97 Å². The van der Waals surface area contributed by atoms with Crippen LogP contribution in [0.1, 0.15) is 50.4 Å². The minimum Gasteiger partial charge on any atom is -0.464 e. The Balaban J connectivity index is 1.90. The molecule has 0 saturated carbocycles. The van der Waals surface area contributed by atoms with Crippen molar-refractivity contribution in [1.29, 1.82) is 0 Å². The number of hydrogen-bond acceptors (Lipinski definition) is 6. The van der Waals surface area contributed by atoms with E-state index in [4.69, 9.17) is 11.6 Å². The molecule has 2 aromatic heterocycles. The molecule has 1 atom stereocenters. The van der Waals surface area contributed by atoms with Crippen molar-refractivity contribution in [2.75, 3.05) is 13.7 Å². The number of likely N-dealkylation sites (tertiary alicyclic amines) is 1. The van der Waals surface area contributed by atoms with Gasteiger partial charge in [-0.2, -0.15) is 0 Å². The van der Waals surface area contributed by atoms with Crippen molar-refractivity contribution < 1.29 is 14.3 Å². The Labute approximate surface area is 148 Å². The number of aryl methyl sites for hydroxylation is 1. The number of hydrogen-bond donors (Lipinski definition) is 0. The highest BCUT2D eigenvalue weighted by atomic mass is 35.5. The molecule has 1 aliphatic rings. The molecule has 24 heavy (non-hydrogen) atoms. The van der Waals surface area contributed by atoms with Crippen molar-refractivity contribution in [2.45, 2.75) is 25.8 Å². The summed E-state index contributed by atoms with van der Waals surface area (Å²) in [6.07, 6.45) is 1.79. The van der Waals surface area contributed by atoms with Gasteiger partial charge in [0.05, 0.1) is 13.2 Å². The first kappa shape index (κ1) is 16.9. The van der Waals surface area contributed by atoms with Crippen LogP contribution in [0.4, 0.5) is 0 Å². The number of halogens is 1. The Hall–Kier alpha value is -1.99. The molecule has 2 aromatic rings. The number of thiazole rings is 1. The second-order valence-electron chi connectivity index (χ2n) is 5.54. The van der Waals surface area contributed by atoms with Crippen molar-refractivity contribution >= 4 is 34.8 Å². The minimum absolute atomic E-state index is 0.0224. The number of carbonyl (C=O) groups is 2.